The smallest absolute Gasteiger partial charge is 0.299 e. The van der Waals surface area contributed by atoms with E-state index in [1.54, 1.807) is 0 Å². The van der Waals surface area contributed by atoms with Gasteiger partial charge in [0.05, 0.1) is 0 Å². The van der Waals surface area contributed by atoms with E-state index >= 15 is 0 Å². The van der Waals surface area contributed by atoms with E-state index in [1.165, 1.54) is 0 Å². The third kappa shape index (κ3) is 1.93. The number of halogens is 3. The molecule has 2 fully saturated rings. The Balaban J connectivity index is 1.93. The van der Waals surface area contributed by atoms with Crippen LogP contribution in [-0.2, 0) is 4.79 Å². The summed E-state index contributed by atoms with van der Waals surface area (Å²) in [4.78, 5) is 11.3. The number of hydrogen-bond donors (Lipinski definition) is 0. The van der Waals surface area contributed by atoms with Crippen molar-refractivity contribution < 1.29 is 18.0 Å². The highest BCUT2D eigenvalue weighted by Gasteiger charge is 2.45. The van der Waals surface area contributed by atoms with Gasteiger partial charge in [-0.15, -0.1) is 0 Å². The van der Waals surface area contributed by atoms with Crippen molar-refractivity contribution in [1.82, 2.24) is 0 Å². The van der Waals surface area contributed by atoms with Gasteiger partial charge in [0.2, 0.25) is 0 Å². The second-order valence-corrected chi connectivity index (χ2v) is 4.54. The van der Waals surface area contributed by atoms with Crippen molar-refractivity contribution in [1.29, 1.82) is 0 Å². The monoisotopic (exact) mass is 206 g/mol. The summed E-state index contributed by atoms with van der Waals surface area (Å²) in [6.07, 6.45) is -1.78. The summed E-state index contributed by atoms with van der Waals surface area (Å²) >= 11 is 0. The maximum atomic E-state index is 12.0. The van der Waals surface area contributed by atoms with Gasteiger partial charge in [0.25, 0.3) is 0 Å². The number of alkyl halides is 3. The van der Waals surface area contributed by atoms with Gasteiger partial charge in [0.15, 0.2) is 0 Å². The summed E-state index contributed by atoms with van der Waals surface area (Å²) < 4.78 is 35.9. The van der Waals surface area contributed by atoms with Crippen molar-refractivity contribution in [3.63, 3.8) is 0 Å². The van der Waals surface area contributed by atoms with E-state index in [-0.39, 0.29) is 11.8 Å². The van der Waals surface area contributed by atoms with E-state index in [1.807, 2.05) is 0 Å². The molecule has 1 nitrogen and oxygen atoms in total. The molecule has 0 heterocycles. The molecule has 14 heavy (non-hydrogen) atoms. The summed E-state index contributed by atoms with van der Waals surface area (Å²) in [5.74, 6) is -0.0721. The average molecular weight is 206 g/mol. The molecule has 2 aliphatic carbocycles. The predicted molar refractivity (Wildman–Crippen MR) is 44.6 cm³/mol. The second kappa shape index (κ2) is 3.24. The molecular formula is C10H13F3O. The normalized spacial score (nSPS) is 36.4. The molecule has 3 unspecified atom stereocenters. The average Bonchev–Trinajstić information content (AvgIpc) is 2.59. The third-order valence-corrected chi connectivity index (χ3v) is 3.53. The van der Waals surface area contributed by atoms with Crippen molar-refractivity contribution in [3.05, 3.63) is 0 Å². The van der Waals surface area contributed by atoms with Gasteiger partial charge in [0.1, 0.15) is 12.2 Å². The second-order valence-electron chi connectivity index (χ2n) is 4.54. The van der Waals surface area contributed by atoms with Crippen LogP contribution in [0.5, 0.6) is 0 Å². The Morgan fingerprint density at radius 1 is 1.21 bits per heavy atom. The molecule has 4 heteroatoms. The Labute approximate surface area is 80.7 Å². The van der Waals surface area contributed by atoms with Crippen LogP contribution in [-0.4, -0.2) is 12.0 Å². The van der Waals surface area contributed by atoms with Crippen molar-refractivity contribution in [3.8, 4) is 0 Å². The van der Waals surface area contributed by atoms with Gasteiger partial charge in [-0.05, 0) is 31.1 Å². The van der Waals surface area contributed by atoms with Crippen LogP contribution in [0.15, 0.2) is 0 Å². The Morgan fingerprint density at radius 3 is 2.36 bits per heavy atom. The first kappa shape index (κ1) is 9.99. The van der Waals surface area contributed by atoms with Crippen molar-refractivity contribution >= 4 is 5.78 Å². The fraction of sp³-hybridized carbons (Fsp3) is 0.900. The standard InChI is InChI=1S/C10H13F3O/c11-10(12,13)5-9(14)8-4-6-1-2-7(8)3-6/h6-8H,1-5H2. The Kier molecular flexibility index (Phi) is 2.32. The molecule has 0 amide bonds. The minimum atomic E-state index is -4.32. The molecule has 2 rings (SSSR count). The quantitative estimate of drug-likeness (QED) is 0.678. The lowest BCUT2D eigenvalue weighted by molar-refractivity contribution is -0.156. The van der Waals surface area contributed by atoms with Gasteiger partial charge in [0, 0.05) is 5.92 Å². The Morgan fingerprint density at radius 2 is 1.93 bits per heavy atom. The van der Waals surface area contributed by atoms with E-state index in [0.29, 0.717) is 12.3 Å². The molecule has 3 atom stereocenters. The number of Topliss-reactive ketones (excluding diaryl/α,β-unsaturated/α-hetero) is 1. The lowest BCUT2D eigenvalue weighted by atomic mass is 9.84. The number of rotatable bonds is 2. The summed E-state index contributed by atoms with van der Waals surface area (Å²) in [7, 11) is 0. The van der Waals surface area contributed by atoms with Gasteiger partial charge in [-0.25, -0.2) is 0 Å². The van der Waals surface area contributed by atoms with Gasteiger partial charge in [-0.1, -0.05) is 6.42 Å². The summed E-state index contributed by atoms with van der Waals surface area (Å²) in [6, 6.07) is 0. The van der Waals surface area contributed by atoms with E-state index in [4.69, 9.17) is 0 Å². The molecule has 0 N–H and O–H groups in total. The van der Waals surface area contributed by atoms with Crippen LogP contribution >= 0.6 is 0 Å². The zero-order valence-electron chi connectivity index (χ0n) is 7.81. The van der Waals surface area contributed by atoms with E-state index < -0.39 is 18.4 Å². The highest BCUT2D eigenvalue weighted by molar-refractivity contribution is 5.82. The van der Waals surface area contributed by atoms with E-state index in [0.717, 1.165) is 19.3 Å². The first-order chi connectivity index (χ1) is 6.46. The maximum absolute atomic E-state index is 12.0. The van der Waals surface area contributed by atoms with Crippen LogP contribution in [0.2, 0.25) is 0 Å². The van der Waals surface area contributed by atoms with E-state index in [2.05, 4.69) is 0 Å². The van der Waals surface area contributed by atoms with Crippen LogP contribution in [0.3, 0.4) is 0 Å². The number of fused-ring (bicyclic) bond motifs is 2. The topological polar surface area (TPSA) is 17.1 Å². The van der Waals surface area contributed by atoms with Crippen LogP contribution in [0.25, 0.3) is 0 Å². The van der Waals surface area contributed by atoms with E-state index in [9.17, 15) is 18.0 Å². The van der Waals surface area contributed by atoms with Crippen LogP contribution < -0.4 is 0 Å². The molecule has 0 aromatic heterocycles. The van der Waals surface area contributed by atoms with Crippen LogP contribution in [0.1, 0.15) is 32.1 Å². The third-order valence-electron chi connectivity index (χ3n) is 3.53. The molecule has 0 saturated heterocycles. The summed E-state index contributed by atoms with van der Waals surface area (Å²) in [5, 5.41) is 0. The van der Waals surface area contributed by atoms with Gasteiger partial charge in [-0.2, -0.15) is 13.2 Å². The molecule has 0 aromatic rings. The molecule has 2 saturated carbocycles. The molecule has 0 spiro atoms. The molecule has 0 aliphatic heterocycles. The van der Waals surface area contributed by atoms with Gasteiger partial charge in [-0.3, -0.25) is 4.79 Å². The minimum absolute atomic E-state index is 0.259. The highest BCUT2D eigenvalue weighted by atomic mass is 19.4. The SMILES string of the molecule is O=C(CC(F)(F)F)C1CC2CCC1C2. The highest BCUT2D eigenvalue weighted by Crippen LogP contribution is 2.49. The van der Waals surface area contributed by atoms with Gasteiger partial charge >= 0.3 is 6.18 Å². The minimum Gasteiger partial charge on any atom is -0.299 e. The maximum Gasteiger partial charge on any atom is 0.395 e. The zero-order chi connectivity index (χ0) is 10.3. The number of carbonyl (C=O) groups excluding carboxylic acids is 1. The van der Waals surface area contributed by atoms with Crippen molar-refractivity contribution in [2.75, 3.05) is 0 Å². The molecular weight excluding hydrogens is 193 g/mol. The predicted octanol–water partition coefficient (Wildman–Crippen LogP) is 2.94. The summed E-state index contributed by atoms with van der Waals surface area (Å²) in [5.41, 5.74) is 0. The first-order valence-electron chi connectivity index (χ1n) is 5.05. The van der Waals surface area contributed by atoms with Gasteiger partial charge < -0.3 is 0 Å². The lowest BCUT2D eigenvalue weighted by Gasteiger charge is -2.20. The van der Waals surface area contributed by atoms with Crippen molar-refractivity contribution in [2.24, 2.45) is 17.8 Å². The Bertz CT molecular complexity index is 246. The largest absolute Gasteiger partial charge is 0.395 e. The van der Waals surface area contributed by atoms with Crippen LogP contribution in [0.4, 0.5) is 13.2 Å². The van der Waals surface area contributed by atoms with Crippen molar-refractivity contribution in [2.45, 2.75) is 38.3 Å². The molecule has 0 radical (unpaired) electrons. The molecule has 2 aliphatic rings. The Hall–Kier alpha value is -0.540. The molecule has 0 aromatic carbocycles. The fourth-order valence-corrected chi connectivity index (χ4v) is 2.97. The number of carbonyl (C=O) groups is 1. The first-order valence-corrected chi connectivity index (χ1v) is 5.05. The van der Waals surface area contributed by atoms with Crippen LogP contribution in [0, 0.1) is 17.8 Å². The fourth-order valence-electron chi connectivity index (χ4n) is 2.97. The lowest BCUT2D eigenvalue weighted by Crippen LogP contribution is -2.26. The number of hydrogen-bond acceptors (Lipinski definition) is 1. The number of ketones is 1. The molecule has 2 bridgehead atoms. The summed E-state index contributed by atoms with van der Waals surface area (Å²) in [6.45, 7) is 0. The zero-order valence-corrected chi connectivity index (χ0v) is 7.81. The molecule has 80 valence electrons.